The molecule has 4 heteroatoms. The number of aliphatic hydroxyl groups excluding tert-OH is 1. The van der Waals surface area contributed by atoms with Crippen molar-refractivity contribution in [3.05, 3.63) is 35.9 Å². The number of carbonyl (C=O) groups is 1. The molecule has 0 saturated heterocycles. The van der Waals surface area contributed by atoms with Crippen molar-refractivity contribution in [1.82, 2.24) is 10.2 Å². The summed E-state index contributed by atoms with van der Waals surface area (Å²) in [6.07, 6.45) is 4.62. The largest absolute Gasteiger partial charge is 0.391 e. The summed E-state index contributed by atoms with van der Waals surface area (Å²) < 4.78 is 0. The van der Waals surface area contributed by atoms with Crippen LogP contribution in [0.3, 0.4) is 0 Å². The minimum Gasteiger partial charge on any atom is -0.391 e. The van der Waals surface area contributed by atoms with Crippen LogP contribution in [0.5, 0.6) is 0 Å². The van der Waals surface area contributed by atoms with E-state index >= 15 is 0 Å². The number of nitrogens with one attached hydrogen (secondary N) is 1. The van der Waals surface area contributed by atoms with Crippen LogP contribution < -0.4 is 5.32 Å². The first-order valence-corrected chi connectivity index (χ1v) is 7.86. The van der Waals surface area contributed by atoms with E-state index in [0.717, 1.165) is 32.1 Å². The van der Waals surface area contributed by atoms with Crippen LogP contribution >= 0.6 is 0 Å². The van der Waals surface area contributed by atoms with E-state index in [2.05, 4.69) is 17.4 Å². The number of carbonyl (C=O) groups excluding carboxylic acids is 1. The van der Waals surface area contributed by atoms with E-state index < -0.39 is 0 Å². The highest BCUT2D eigenvalue weighted by Gasteiger charge is 2.27. The fourth-order valence-corrected chi connectivity index (χ4v) is 3.00. The van der Waals surface area contributed by atoms with Gasteiger partial charge in [-0.2, -0.15) is 0 Å². The molecule has 4 nitrogen and oxygen atoms in total. The molecule has 1 aliphatic carbocycles. The molecule has 0 aliphatic heterocycles. The molecular weight excluding hydrogens is 264 g/mol. The van der Waals surface area contributed by atoms with Crippen molar-refractivity contribution < 1.29 is 9.90 Å². The van der Waals surface area contributed by atoms with E-state index in [4.69, 9.17) is 0 Å². The first-order valence-electron chi connectivity index (χ1n) is 7.86. The summed E-state index contributed by atoms with van der Waals surface area (Å²) in [7, 11) is 1.93. The van der Waals surface area contributed by atoms with E-state index in [-0.39, 0.29) is 18.1 Å². The summed E-state index contributed by atoms with van der Waals surface area (Å²) in [5, 5.41) is 13.0. The second-order valence-corrected chi connectivity index (χ2v) is 5.92. The third-order valence-corrected chi connectivity index (χ3v) is 4.23. The maximum absolute atomic E-state index is 12.0. The summed E-state index contributed by atoms with van der Waals surface area (Å²) in [5.41, 5.74) is 1.23. The molecule has 0 heterocycles. The monoisotopic (exact) mass is 290 g/mol. The van der Waals surface area contributed by atoms with E-state index in [1.807, 2.05) is 30.1 Å². The van der Waals surface area contributed by atoms with Gasteiger partial charge in [-0.05, 0) is 31.9 Å². The van der Waals surface area contributed by atoms with Crippen LogP contribution in [0, 0.1) is 0 Å². The van der Waals surface area contributed by atoms with Crippen molar-refractivity contribution in [1.29, 1.82) is 0 Å². The quantitative estimate of drug-likeness (QED) is 0.836. The highest BCUT2D eigenvalue weighted by Crippen LogP contribution is 2.21. The van der Waals surface area contributed by atoms with Gasteiger partial charge in [0.15, 0.2) is 0 Å². The topological polar surface area (TPSA) is 52.6 Å². The smallest absolute Gasteiger partial charge is 0.234 e. The van der Waals surface area contributed by atoms with Crippen molar-refractivity contribution in [3.8, 4) is 0 Å². The first-order chi connectivity index (χ1) is 10.2. The Balaban J connectivity index is 1.69. The number of rotatable bonds is 6. The fourth-order valence-electron chi connectivity index (χ4n) is 3.00. The van der Waals surface area contributed by atoms with Gasteiger partial charge in [0.1, 0.15) is 0 Å². The molecule has 1 saturated carbocycles. The molecule has 2 rings (SSSR count). The molecule has 1 fully saturated rings. The molecule has 1 aromatic carbocycles. The average molecular weight is 290 g/mol. The second kappa shape index (κ2) is 8.15. The third kappa shape index (κ3) is 5.14. The van der Waals surface area contributed by atoms with Crippen LogP contribution in [-0.4, -0.2) is 48.2 Å². The van der Waals surface area contributed by atoms with Crippen LogP contribution in [0.1, 0.15) is 31.2 Å². The second-order valence-electron chi connectivity index (χ2n) is 5.92. The molecule has 2 atom stereocenters. The van der Waals surface area contributed by atoms with Crippen molar-refractivity contribution in [2.24, 2.45) is 0 Å². The number of hydrogen-bond donors (Lipinski definition) is 2. The Morgan fingerprint density at radius 3 is 2.71 bits per heavy atom. The van der Waals surface area contributed by atoms with Gasteiger partial charge in [0, 0.05) is 12.6 Å². The zero-order valence-corrected chi connectivity index (χ0v) is 12.8. The minimum absolute atomic E-state index is 0.0335. The molecule has 1 amide bonds. The Labute approximate surface area is 127 Å². The lowest BCUT2D eigenvalue weighted by atomic mass is 9.91. The van der Waals surface area contributed by atoms with Crippen LogP contribution in [0.15, 0.2) is 30.3 Å². The predicted molar refractivity (Wildman–Crippen MR) is 84.0 cm³/mol. The number of amides is 1. The van der Waals surface area contributed by atoms with Crippen LogP contribution in [0.4, 0.5) is 0 Å². The highest BCUT2D eigenvalue weighted by molar-refractivity contribution is 5.78. The van der Waals surface area contributed by atoms with Crippen LogP contribution in [0.25, 0.3) is 0 Å². The van der Waals surface area contributed by atoms with Gasteiger partial charge >= 0.3 is 0 Å². The first kappa shape index (κ1) is 16.0. The summed E-state index contributed by atoms with van der Waals surface area (Å²) in [6, 6.07) is 10.3. The summed E-state index contributed by atoms with van der Waals surface area (Å²) in [6.45, 7) is 1.01. The Morgan fingerprint density at radius 1 is 1.29 bits per heavy atom. The van der Waals surface area contributed by atoms with Gasteiger partial charge < -0.3 is 10.4 Å². The lowest BCUT2D eigenvalue weighted by molar-refractivity contribution is -0.123. The molecule has 2 N–H and O–H groups in total. The number of likely N-dealkylation sites (N-methyl/N-ethyl adjacent to an activating group) is 1. The van der Waals surface area contributed by atoms with Crippen LogP contribution in [-0.2, 0) is 11.2 Å². The third-order valence-electron chi connectivity index (χ3n) is 4.23. The van der Waals surface area contributed by atoms with E-state index in [0.29, 0.717) is 13.1 Å². The molecule has 1 aromatic rings. The van der Waals surface area contributed by atoms with Crippen molar-refractivity contribution in [3.63, 3.8) is 0 Å². The Morgan fingerprint density at radius 2 is 2.00 bits per heavy atom. The zero-order chi connectivity index (χ0) is 15.1. The van der Waals surface area contributed by atoms with Gasteiger partial charge in [-0.1, -0.05) is 43.2 Å². The van der Waals surface area contributed by atoms with Crippen LogP contribution in [0.2, 0.25) is 0 Å². The van der Waals surface area contributed by atoms with Gasteiger partial charge in [-0.25, -0.2) is 0 Å². The van der Waals surface area contributed by atoms with Gasteiger partial charge in [-0.15, -0.1) is 0 Å². The van der Waals surface area contributed by atoms with E-state index in [9.17, 15) is 9.90 Å². The summed E-state index contributed by atoms with van der Waals surface area (Å²) in [4.78, 5) is 13.9. The number of hydrogen-bond acceptors (Lipinski definition) is 3. The lowest BCUT2D eigenvalue weighted by Gasteiger charge is -2.34. The predicted octanol–water partition coefficient (Wildman–Crippen LogP) is 1.58. The average Bonchev–Trinajstić information content (AvgIpc) is 2.48. The van der Waals surface area contributed by atoms with Crippen molar-refractivity contribution >= 4 is 5.91 Å². The Kier molecular flexibility index (Phi) is 6.21. The van der Waals surface area contributed by atoms with Gasteiger partial charge in [0.05, 0.1) is 12.6 Å². The normalized spacial score (nSPS) is 22.2. The molecule has 0 bridgehead atoms. The minimum atomic E-state index is -0.291. The lowest BCUT2D eigenvalue weighted by Crippen LogP contribution is -2.47. The SMILES string of the molecule is CN(CC(=O)NCCc1ccccc1)C1CCCCC1O. The molecule has 2 unspecified atom stereocenters. The van der Waals surface area contributed by atoms with Gasteiger partial charge in [0.25, 0.3) is 0 Å². The van der Waals surface area contributed by atoms with Gasteiger partial charge in [-0.3, -0.25) is 9.69 Å². The number of benzene rings is 1. The fraction of sp³-hybridized carbons (Fsp3) is 0.588. The Hall–Kier alpha value is -1.39. The van der Waals surface area contributed by atoms with Gasteiger partial charge in [0.2, 0.25) is 5.91 Å². The van der Waals surface area contributed by atoms with Crippen molar-refractivity contribution in [2.45, 2.75) is 44.2 Å². The highest BCUT2D eigenvalue weighted by atomic mass is 16.3. The molecule has 0 aromatic heterocycles. The summed E-state index contributed by atoms with van der Waals surface area (Å²) in [5.74, 6) is 0.0335. The van der Waals surface area contributed by atoms with E-state index in [1.165, 1.54) is 5.56 Å². The molecular formula is C17H26N2O2. The van der Waals surface area contributed by atoms with Crippen molar-refractivity contribution in [2.75, 3.05) is 20.1 Å². The zero-order valence-electron chi connectivity index (χ0n) is 12.8. The molecule has 21 heavy (non-hydrogen) atoms. The maximum Gasteiger partial charge on any atom is 0.234 e. The van der Waals surface area contributed by atoms with E-state index in [1.54, 1.807) is 0 Å². The number of nitrogens with zero attached hydrogens (tertiary/aromatic N) is 1. The molecule has 116 valence electrons. The molecule has 1 aliphatic rings. The maximum atomic E-state index is 12.0. The molecule has 0 spiro atoms. The summed E-state index contributed by atoms with van der Waals surface area (Å²) >= 11 is 0. The molecule has 0 radical (unpaired) electrons. The standard InChI is InChI=1S/C17H26N2O2/c1-19(15-9-5-6-10-16(15)20)13-17(21)18-12-11-14-7-3-2-4-8-14/h2-4,7-8,15-16,20H,5-6,9-13H2,1H3,(H,18,21). The number of aliphatic hydroxyl groups is 1. The Bertz CT molecular complexity index is 436.